The molecule has 0 N–H and O–H groups in total. The molecule has 4 aromatic heterocycles. The zero-order valence-corrected chi connectivity index (χ0v) is 26.9. The number of nitrogens with zero attached hydrogens (tertiary/aromatic N) is 3. The van der Waals surface area contributed by atoms with Crippen molar-refractivity contribution in [1.29, 1.82) is 0 Å². The van der Waals surface area contributed by atoms with Gasteiger partial charge in [0.2, 0.25) is 0 Å². The van der Waals surface area contributed by atoms with E-state index in [1.807, 2.05) is 23.5 Å². The van der Waals surface area contributed by atoms with Crippen molar-refractivity contribution in [2.24, 2.45) is 0 Å². The first-order valence-corrected chi connectivity index (χ1v) is 17.2. The Kier molecular flexibility index (Phi) is 5.51. The second-order valence-corrected chi connectivity index (χ2v) is 13.6. The van der Waals surface area contributed by atoms with Crippen molar-refractivity contribution in [2.45, 2.75) is 0 Å². The first-order chi connectivity index (χ1) is 24.3. The Bertz CT molecular complexity index is 3110. The molecule has 5 heteroatoms. The summed E-state index contributed by atoms with van der Waals surface area (Å²) in [4.78, 5) is 10.4. The highest BCUT2D eigenvalue weighted by atomic mass is 32.1. The molecule has 0 spiro atoms. The Balaban J connectivity index is 1.12. The molecule has 0 bridgehead atoms. The summed E-state index contributed by atoms with van der Waals surface area (Å²) in [6, 6.07) is 53.4. The molecule has 0 unspecified atom stereocenters. The minimum Gasteiger partial charge on any atom is -0.456 e. The van der Waals surface area contributed by atoms with E-state index in [0.29, 0.717) is 5.82 Å². The number of aromatic nitrogens is 3. The molecule has 0 fully saturated rings. The number of hydrogen-bond donors (Lipinski definition) is 0. The van der Waals surface area contributed by atoms with Crippen LogP contribution in [0.15, 0.2) is 156 Å². The van der Waals surface area contributed by atoms with Crippen LogP contribution in [0.3, 0.4) is 0 Å². The molecule has 0 aliphatic rings. The van der Waals surface area contributed by atoms with Gasteiger partial charge in [0.25, 0.3) is 0 Å². The molecule has 4 heterocycles. The molecule has 49 heavy (non-hydrogen) atoms. The molecule has 0 atom stereocenters. The maximum Gasteiger partial charge on any atom is 0.160 e. The number of benzene rings is 7. The van der Waals surface area contributed by atoms with E-state index >= 15 is 0 Å². The second kappa shape index (κ2) is 10.1. The predicted molar refractivity (Wildman–Crippen MR) is 205 cm³/mol. The third-order valence-electron chi connectivity index (χ3n) is 9.82. The molecule has 0 radical (unpaired) electrons. The van der Waals surface area contributed by atoms with Gasteiger partial charge in [-0.15, -0.1) is 11.3 Å². The Morgan fingerprint density at radius 1 is 0.510 bits per heavy atom. The van der Waals surface area contributed by atoms with Gasteiger partial charge in [0.05, 0.1) is 27.6 Å². The molecule has 0 saturated carbocycles. The van der Waals surface area contributed by atoms with Gasteiger partial charge in [0, 0.05) is 58.5 Å². The summed E-state index contributed by atoms with van der Waals surface area (Å²) in [5.74, 6) is 0.712. The molecule has 228 valence electrons. The lowest BCUT2D eigenvalue weighted by Gasteiger charge is -2.12. The second-order valence-electron chi connectivity index (χ2n) is 12.5. The van der Waals surface area contributed by atoms with Crippen molar-refractivity contribution in [3.8, 4) is 28.3 Å². The topological polar surface area (TPSA) is 43.9 Å². The van der Waals surface area contributed by atoms with E-state index in [0.717, 1.165) is 66.4 Å². The largest absolute Gasteiger partial charge is 0.456 e. The molecule has 0 amide bonds. The lowest BCUT2D eigenvalue weighted by molar-refractivity contribution is 0.669. The Morgan fingerprint density at radius 3 is 2.14 bits per heavy atom. The summed E-state index contributed by atoms with van der Waals surface area (Å²) in [5.41, 5.74) is 9.16. The zero-order valence-electron chi connectivity index (χ0n) is 26.1. The van der Waals surface area contributed by atoms with Crippen LogP contribution in [-0.4, -0.2) is 14.5 Å². The number of rotatable bonds is 3. The van der Waals surface area contributed by atoms with Crippen LogP contribution >= 0.6 is 11.3 Å². The highest BCUT2D eigenvalue weighted by Gasteiger charge is 2.20. The van der Waals surface area contributed by atoms with E-state index in [1.165, 1.54) is 30.9 Å². The number of furan rings is 1. The van der Waals surface area contributed by atoms with Crippen LogP contribution in [-0.2, 0) is 0 Å². The van der Waals surface area contributed by atoms with E-state index in [4.69, 9.17) is 14.4 Å². The summed E-state index contributed by atoms with van der Waals surface area (Å²) in [7, 11) is 0. The molecule has 0 aliphatic carbocycles. The van der Waals surface area contributed by atoms with E-state index in [1.54, 1.807) is 0 Å². The summed E-state index contributed by atoms with van der Waals surface area (Å²) in [6.45, 7) is 0. The van der Waals surface area contributed by atoms with Crippen molar-refractivity contribution in [1.82, 2.24) is 14.5 Å². The number of thiophene rings is 1. The maximum absolute atomic E-state index is 6.32. The van der Waals surface area contributed by atoms with Crippen molar-refractivity contribution < 1.29 is 4.42 Å². The molecule has 11 rings (SSSR count). The van der Waals surface area contributed by atoms with E-state index < -0.39 is 0 Å². The Labute approximate surface area is 284 Å². The predicted octanol–water partition coefficient (Wildman–Crippen LogP) is 12.3. The van der Waals surface area contributed by atoms with Crippen molar-refractivity contribution in [3.63, 3.8) is 0 Å². The molecular formula is C44H25N3OS. The van der Waals surface area contributed by atoms with Gasteiger partial charge in [-0.3, -0.25) is 0 Å². The van der Waals surface area contributed by atoms with Gasteiger partial charge in [0.1, 0.15) is 11.2 Å². The van der Waals surface area contributed by atoms with Crippen LogP contribution in [0.1, 0.15) is 0 Å². The summed E-state index contributed by atoms with van der Waals surface area (Å²) in [6.07, 6.45) is 0. The minimum absolute atomic E-state index is 0.712. The van der Waals surface area contributed by atoms with Crippen LogP contribution in [0.25, 0.3) is 103 Å². The van der Waals surface area contributed by atoms with E-state index in [2.05, 4.69) is 144 Å². The highest BCUT2D eigenvalue weighted by molar-refractivity contribution is 7.26. The highest BCUT2D eigenvalue weighted by Crippen LogP contribution is 2.43. The SMILES string of the molecule is c1ccc2c(-c3cccc4c3sc3ccccc34)nc(-c3ccc(-n4c5ccccc5c5ccc6oc7ccccc7c6c54)cc3)nc2c1. The lowest BCUT2D eigenvalue weighted by atomic mass is 10.0. The van der Waals surface area contributed by atoms with Gasteiger partial charge in [-0.05, 0) is 60.7 Å². The van der Waals surface area contributed by atoms with Crippen molar-refractivity contribution in [3.05, 3.63) is 152 Å². The number of para-hydroxylation sites is 3. The maximum atomic E-state index is 6.32. The van der Waals surface area contributed by atoms with Crippen LogP contribution in [0.4, 0.5) is 0 Å². The third kappa shape index (κ3) is 3.85. The summed E-state index contributed by atoms with van der Waals surface area (Å²) >= 11 is 1.83. The molecule has 7 aromatic carbocycles. The standard InChI is InChI=1S/C44H25N3OS/c1-5-16-35-32(12-1)41(34-15-9-14-31-29-11-4-8-19-39(29)49-43(31)34)46-44(45-35)26-20-22-27(23-21-26)47-36-17-6-2-10-28(36)30-24-25-38-40(42(30)47)33-13-3-7-18-37(33)48-38/h1-25H. The fourth-order valence-corrected chi connectivity index (χ4v) is 8.85. The van der Waals surface area contributed by atoms with Crippen LogP contribution < -0.4 is 0 Å². The molecule has 4 nitrogen and oxygen atoms in total. The first-order valence-electron chi connectivity index (χ1n) is 16.4. The smallest absolute Gasteiger partial charge is 0.160 e. The molecule has 0 saturated heterocycles. The lowest BCUT2D eigenvalue weighted by Crippen LogP contribution is -1.97. The third-order valence-corrected chi connectivity index (χ3v) is 11.0. The Hall–Kier alpha value is -6.30. The molecule has 0 aliphatic heterocycles. The van der Waals surface area contributed by atoms with Gasteiger partial charge in [0.15, 0.2) is 5.82 Å². The zero-order chi connectivity index (χ0) is 32.1. The first kappa shape index (κ1) is 26.7. The summed E-state index contributed by atoms with van der Waals surface area (Å²) < 4.78 is 11.2. The van der Waals surface area contributed by atoms with Crippen molar-refractivity contribution >= 4 is 86.2 Å². The van der Waals surface area contributed by atoms with E-state index in [-0.39, 0.29) is 0 Å². The van der Waals surface area contributed by atoms with Gasteiger partial charge in [-0.1, -0.05) is 91.0 Å². The van der Waals surface area contributed by atoms with Crippen LogP contribution in [0, 0.1) is 0 Å². The number of fused-ring (bicyclic) bond motifs is 11. The van der Waals surface area contributed by atoms with Gasteiger partial charge >= 0.3 is 0 Å². The summed E-state index contributed by atoms with van der Waals surface area (Å²) in [5, 5.41) is 8.26. The fourth-order valence-electron chi connectivity index (χ4n) is 7.64. The Morgan fingerprint density at radius 2 is 1.24 bits per heavy atom. The molecule has 11 aromatic rings. The van der Waals surface area contributed by atoms with Crippen LogP contribution in [0.5, 0.6) is 0 Å². The normalized spacial score (nSPS) is 12.1. The average molecular weight is 644 g/mol. The van der Waals surface area contributed by atoms with E-state index in [9.17, 15) is 0 Å². The minimum atomic E-state index is 0.712. The monoisotopic (exact) mass is 643 g/mol. The van der Waals surface area contributed by atoms with Crippen molar-refractivity contribution in [2.75, 3.05) is 0 Å². The quantitative estimate of drug-likeness (QED) is 0.192. The van der Waals surface area contributed by atoms with Gasteiger partial charge in [-0.25, -0.2) is 9.97 Å². The fraction of sp³-hybridized carbons (Fsp3) is 0. The van der Waals surface area contributed by atoms with Gasteiger partial charge < -0.3 is 8.98 Å². The molecular weight excluding hydrogens is 619 g/mol. The van der Waals surface area contributed by atoms with Gasteiger partial charge in [-0.2, -0.15) is 0 Å². The number of hydrogen-bond acceptors (Lipinski definition) is 4. The van der Waals surface area contributed by atoms with Crippen LogP contribution in [0.2, 0.25) is 0 Å². The average Bonchev–Trinajstić information content (AvgIpc) is 3.84.